The van der Waals surface area contributed by atoms with Crippen molar-refractivity contribution in [3.63, 3.8) is 0 Å². The first-order chi connectivity index (χ1) is 19.2. The minimum Gasteiger partial charge on any atom is -0.252 e. The summed E-state index contributed by atoms with van der Waals surface area (Å²) in [6.07, 6.45) is 3.56. The molecule has 2 nitrogen and oxygen atoms in total. The van der Waals surface area contributed by atoms with Crippen LogP contribution in [0, 0.1) is 13.8 Å². The first kappa shape index (κ1) is 22.4. The van der Waals surface area contributed by atoms with Gasteiger partial charge in [0, 0.05) is 43.3 Å². The van der Waals surface area contributed by atoms with Gasteiger partial charge < -0.3 is 0 Å². The molecular formula is C36H24N2S. The molecule has 0 amide bonds. The molecule has 0 radical (unpaired) electrons. The van der Waals surface area contributed by atoms with Crippen LogP contribution >= 0.6 is 11.3 Å². The van der Waals surface area contributed by atoms with Gasteiger partial charge in [0.1, 0.15) is 0 Å². The summed E-state index contributed by atoms with van der Waals surface area (Å²) in [5.41, 5.74) is 9.49. The highest BCUT2D eigenvalue weighted by Gasteiger charge is 2.14. The molecule has 0 aliphatic heterocycles. The molecule has 0 spiro atoms. The number of benzene rings is 6. The van der Waals surface area contributed by atoms with Crippen LogP contribution < -0.4 is 0 Å². The van der Waals surface area contributed by atoms with Crippen molar-refractivity contribution in [2.24, 2.45) is 0 Å². The fraction of sp³-hybridized carbons (Fsp3) is 0.0556. The molecule has 0 atom stereocenters. The highest BCUT2D eigenvalue weighted by atomic mass is 32.1. The SMILES string of the molecule is Cc1cccc2c1sc1c(C)cc(-c3cccc(-c4ccc5c(c4)c4ccccc4c4nccnc54)c3)cc12. The molecule has 8 aromatic rings. The third kappa shape index (κ3) is 3.40. The molecular weight excluding hydrogens is 492 g/mol. The fourth-order valence-corrected chi connectivity index (χ4v) is 7.29. The van der Waals surface area contributed by atoms with Crippen molar-refractivity contribution in [3.05, 3.63) is 121 Å². The smallest absolute Gasteiger partial charge is 0.0971 e. The third-order valence-electron chi connectivity index (χ3n) is 7.96. The van der Waals surface area contributed by atoms with Gasteiger partial charge in [0.2, 0.25) is 0 Å². The van der Waals surface area contributed by atoms with Crippen molar-refractivity contribution in [1.82, 2.24) is 9.97 Å². The van der Waals surface area contributed by atoms with Crippen LogP contribution in [0.3, 0.4) is 0 Å². The first-order valence-corrected chi connectivity index (χ1v) is 14.1. The van der Waals surface area contributed by atoms with Crippen LogP contribution in [0.15, 0.2) is 109 Å². The van der Waals surface area contributed by atoms with Gasteiger partial charge in [0.15, 0.2) is 0 Å². The Kier molecular flexibility index (Phi) is 4.85. The molecule has 3 heteroatoms. The van der Waals surface area contributed by atoms with Crippen molar-refractivity contribution in [2.45, 2.75) is 13.8 Å². The first-order valence-electron chi connectivity index (χ1n) is 13.2. The fourth-order valence-electron chi connectivity index (χ4n) is 6.07. The highest BCUT2D eigenvalue weighted by Crippen LogP contribution is 2.41. The molecule has 184 valence electrons. The van der Waals surface area contributed by atoms with Crippen LogP contribution in [0.2, 0.25) is 0 Å². The standard InChI is InChI=1S/C36H24N2S/c1-21-7-5-12-30-32-20-26(17-22(2)36(32)39-35(21)30)24-9-6-8-23(18-24)25-13-14-29-31(19-25)27-10-3-4-11-28(27)33-34(29)38-16-15-37-33/h3-20H,1-2H3. The number of thiophene rings is 1. The molecule has 0 bridgehead atoms. The monoisotopic (exact) mass is 516 g/mol. The van der Waals surface area contributed by atoms with Gasteiger partial charge in [-0.1, -0.05) is 72.8 Å². The van der Waals surface area contributed by atoms with Gasteiger partial charge in [0.25, 0.3) is 0 Å². The van der Waals surface area contributed by atoms with E-state index in [4.69, 9.17) is 4.98 Å². The number of fused-ring (bicyclic) bond motifs is 9. The zero-order valence-corrected chi connectivity index (χ0v) is 22.5. The van der Waals surface area contributed by atoms with E-state index in [-0.39, 0.29) is 0 Å². The molecule has 2 aromatic heterocycles. The number of hydrogen-bond acceptors (Lipinski definition) is 3. The van der Waals surface area contributed by atoms with E-state index >= 15 is 0 Å². The van der Waals surface area contributed by atoms with Gasteiger partial charge in [-0.05, 0) is 82.3 Å². The van der Waals surface area contributed by atoms with Gasteiger partial charge in [-0.15, -0.1) is 11.3 Å². The Hall–Kier alpha value is -4.60. The zero-order valence-electron chi connectivity index (χ0n) is 21.7. The van der Waals surface area contributed by atoms with E-state index in [1.165, 1.54) is 64.3 Å². The summed E-state index contributed by atoms with van der Waals surface area (Å²) < 4.78 is 2.78. The second-order valence-corrected chi connectivity index (χ2v) is 11.4. The van der Waals surface area contributed by atoms with Crippen LogP contribution in [-0.4, -0.2) is 9.97 Å². The molecule has 0 saturated carbocycles. The maximum absolute atomic E-state index is 4.71. The maximum atomic E-state index is 4.71. The predicted molar refractivity (Wildman–Crippen MR) is 168 cm³/mol. The van der Waals surface area contributed by atoms with Crippen LogP contribution in [0.4, 0.5) is 0 Å². The van der Waals surface area contributed by atoms with Crippen molar-refractivity contribution >= 4 is 64.1 Å². The number of rotatable bonds is 2. The Morgan fingerprint density at radius 2 is 1.05 bits per heavy atom. The minimum atomic E-state index is 0.952. The molecule has 39 heavy (non-hydrogen) atoms. The van der Waals surface area contributed by atoms with Crippen LogP contribution in [0.1, 0.15) is 11.1 Å². The van der Waals surface area contributed by atoms with E-state index in [0.29, 0.717) is 0 Å². The van der Waals surface area contributed by atoms with Crippen molar-refractivity contribution in [1.29, 1.82) is 0 Å². The lowest BCUT2D eigenvalue weighted by Crippen LogP contribution is -1.89. The highest BCUT2D eigenvalue weighted by molar-refractivity contribution is 7.26. The van der Waals surface area contributed by atoms with Gasteiger partial charge in [-0.3, -0.25) is 9.97 Å². The second kappa shape index (κ2) is 8.45. The largest absolute Gasteiger partial charge is 0.252 e. The zero-order chi connectivity index (χ0) is 26.1. The molecule has 6 aromatic carbocycles. The van der Waals surface area contributed by atoms with Crippen molar-refractivity contribution in [3.8, 4) is 22.3 Å². The van der Waals surface area contributed by atoms with E-state index in [2.05, 4.69) is 116 Å². The van der Waals surface area contributed by atoms with Gasteiger partial charge in [-0.25, -0.2) is 0 Å². The molecule has 0 saturated heterocycles. The van der Waals surface area contributed by atoms with Gasteiger partial charge >= 0.3 is 0 Å². The lowest BCUT2D eigenvalue weighted by Gasteiger charge is -2.12. The van der Waals surface area contributed by atoms with E-state index in [1.54, 1.807) is 12.4 Å². The van der Waals surface area contributed by atoms with E-state index < -0.39 is 0 Å². The molecule has 0 fully saturated rings. The Morgan fingerprint density at radius 1 is 0.436 bits per heavy atom. The normalized spacial score (nSPS) is 11.8. The van der Waals surface area contributed by atoms with Gasteiger partial charge in [0.05, 0.1) is 11.0 Å². The van der Waals surface area contributed by atoms with E-state index in [0.717, 1.165) is 21.8 Å². The molecule has 2 heterocycles. The predicted octanol–water partition coefficient (Wildman–Crippen LogP) is 10.3. The van der Waals surface area contributed by atoms with Crippen molar-refractivity contribution < 1.29 is 0 Å². The molecule has 0 aliphatic carbocycles. The summed E-state index contributed by atoms with van der Waals surface area (Å²) in [5, 5.41) is 7.40. The summed E-state index contributed by atoms with van der Waals surface area (Å²) >= 11 is 1.91. The number of aryl methyl sites for hydroxylation is 2. The molecule has 8 rings (SSSR count). The summed E-state index contributed by atoms with van der Waals surface area (Å²) in [5.74, 6) is 0. The number of hydrogen-bond donors (Lipinski definition) is 0. The third-order valence-corrected chi connectivity index (χ3v) is 9.45. The van der Waals surface area contributed by atoms with Crippen molar-refractivity contribution in [2.75, 3.05) is 0 Å². The minimum absolute atomic E-state index is 0.952. The average Bonchev–Trinajstić information content (AvgIpc) is 3.38. The Morgan fingerprint density at radius 3 is 1.87 bits per heavy atom. The number of nitrogens with zero attached hydrogens (tertiary/aromatic N) is 2. The molecule has 0 unspecified atom stereocenters. The van der Waals surface area contributed by atoms with E-state index in [1.807, 2.05) is 11.3 Å². The second-order valence-electron chi connectivity index (χ2n) is 10.4. The maximum Gasteiger partial charge on any atom is 0.0971 e. The van der Waals surface area contributed by atoms with E-state index in [9.17, 15) is 0 Å². The quantitative estimate of drug-likeness (QED) is 0.214. The Bertz CT molecular complexity index is 2220. The summed E-state index contributed by atoms with van der Waals surface area (Å²) in [7, 11) is 0. The lowest BCUT2D eigenvalue weighted by molar-refractivity contribution is 1.31. The topological polar surface area (TPSA) is 25.8 Å². The summed E-state index contributed by atoms with van der Waals surface area (Å²) in [6, 6.07) is 35.5. The van der Waals surface area contributed by atoms with Gasteiger partial charge in [-0.2, -0.15) is 0 Å². The van der Waals surface area contributed by atoms with Crippen LogP contribution in [0.5, 0.6) is 0 Å². The van der Waals surface area contributed by atoms with Crippen LogP contribution in [0.25, 0.3) is 75.0 Å². The lowest BCUT2D eigenvalue weighted by atomic mass is 9.93. The Balaban J connectivity index is 1.32. The van der Waals surface area contributed by atoms with Crippen LogP contribution in [-0.2, 0) is 0 Å². The summed E-state index contributed by atoms with van der Waals surface area (Å²) in [4.78, 5) is 9.38. The Labute approximate surface area is 230 Å². The number of aromatic nitrogens is 2. The molecule has 0 N–H and O–H groups in total. The molecule has 0 aliphatic rings. The summed E-state index contributed by atoms with van der Waals surface area (Å²) in [6.45, 7) is 4.45. The average molecular weight is 517 g/mol.